The molecular formula is C33H37FN8O3. The minimum Gasteiger partial charge on any atom is -0.494 e. The second kappa shape index (κ2) is 14.5. The topological polar surface area (TPSA) is 118 Å². The number of halogens is 1. The second-order valence-corrected chi connectivity index (χ2v) is 10.6. The number of carbonyl (C=O) groups is 1. The molecule has 0 aliphatic carbocycles. The number of ether oxygens (including phenoxy) is 1. The van der Waals surface area contributed by atoms with Crippen LogP contribution in [0.25, 0.3) is 0 Å². The Morgan fingerprint density at radius 2 is 1.87 bits per heavy atom. The van der Waals surface area contributed by atoms with E-state index >= 15 is 0 Å². The van der Waals surface area contributed by atoms with Gasteiger partial charge in [0, 0.05) is 56.2 Å². The summed E-state index contributed by atoms with van der Waals surface area (Å²) in [7, 11) is 3.75. The third kappa shape index (κ3) is 8.05. The maximum Gasteiger partial charge on any atom is 0.327 e. The van der Waals surface area contributed by atoms with Crippen LogP contribution in [0, 0.1) is 5.82 Å². The highest BCUT2D eigenvalue weighted by Crippen LogP contribution is 2.33. The standard InChI is InChI=1S/C33H37FN8O3/c1-4-32(43)38-25-6-5-7-27(18-25)42(33(44)35-21-23-8-10-24(34)11-9-23)31-20-30(36-22-37-31)39-28-13-12-26(19-29(28)45-3)41-16-14-40(2)15-17-41/h4-13,18-20,22,32,38,43H,1,14-17,21H2,2-3H3,(H,35,44)(H,36,37,39). The number of nitrogens with zero attached hydrogens (tertiary/aromatic N) is 5. The van der Waals surface area contributed by atoms with Gasteiger partial charge in [0.25, 0.3) is 0 Å². The van der Waals surface area contributed by atoms with E-state index in [1.54, 1.807) is 49.6 Å². The molecule has 5 rings (SSSR count). The predicted octanol–water partition coefficient (Wildman–Crippen LogP) is 5.08. The lowest BCUT2D eigenvalue weighted by molar-refractivity contribution is 0.248. The molecule has 4 aromatic rings. The van der Waals surface area contributed by atoms with Gasteiger partial charge in [-0.25, -0.2) is 24.1 Å². The third-order valence-electron chi connectivity index (χ3n) is 7.40. The van der Waals surface area contributed by atoms with Gasteiger partial charge in [0.05, 0.1) is 18.5 Å². The monoisotopic (exact) mass is 612 g/mol. The van der Waals surface area contributed by atoms with Crippen molar-refractivity contribution in [3.63, 3.8) is 0 Å². The molecule has 1 aliphatic heterocycles. The van der Waals surface area contributed by atoms with E-state index in [4.69, 9.17) is 4.74 Å². The summed E-state index contributed by atoms with van der Waals surface area (Å²) in [5, 5.41) is 19.1. The van der Waals surface area contributed by atoms with Crippen LogP contribution in [0.2, 0.25) is 0 Å². The molecule has 4 N–H and O–H groups in total. The van der Waals surface area contributed by atoms with Gasteiger partial charge in [-0.15, -0.1) is 0 Å². The van der Waals surface area contributed by atoms with Gasteiger partial charge in [-0.05, 0) is 61.2 Å². The average molecular weight is 613 g/mol. The predicted molar refractivity (Wildman–Crippen MR) is 175 cm³/mol. The van der Waals surface area contributed by atoms with Crippen LogP contribution in [0.4, 0.5) is 43.6 Å². The maximum absolute atomic E-state index is 13.7. The van der Waals surface area contributed by atoms with Crippen LogP contribution in [0.3, 0.4) is 0 Å². The number of benzene rings is 3. The lowest BCUT2D eigenvalue weighted by Gasteiger charge is -2.34. The van der Waals surface area contributed by atoms with Gasteiger partial charge < -0.3 is 35.6 Å². The number of aliphatic hydroxyl groups excluding tert-OH is 1. The number of methoxy groups -OCH3 is 1. The molecule has 0 bridgehead atoms. The van der Waals surface area contributed by atoms with Crippen molar-refractivity contribution >= 4 is 40.4 Å². The molecule has 12 heteroatoms. The first-order valence-corrected chi connectivity index (χ1v) is 14.5. The van der Waals surface area contributed by atoms with Crippen molar-refractivity contribution in [2.75, 3.05) is 60.8 Å². The highest BCUT2D eigenvalue weighted by molar-refractivity contribution is 5.99. The molecule has 1 aromatic heterocycles. The van der Waals surface area contributed by atoms with Crippen molar-refractivity contribution in [1.29, 1.82) is 0 Å². The fourth-order valence-electron chi connectivity index (χ4n) is 4.90. The lowest BCUT2D eigenvalue weighted by atomic mass is 10.2. The van der Waals surface area contributed by atoms with Crippen molar-refractivity contribution in [2.24, 2.45) is 0 Å². The molecule has 11 nitrogen and oxygen atoms in total. The first kappa shape index (κ1) is 31.2. The number of piperazine rings is 1. The number of rotatable bonds is 11. The molecule has 234 valence electrons. The molecule has 2 heterocycles. The summed E-state index contributed by atoms with van der Waals surface area (Å²) in [4.78, 5) is 28.5. The number of aromatic nitrogens is 2. The zero-order valence-corrected chi connectivity index (χ0v) is 25.3. The molecule has 0 spiro atoms. The van der Waals surface area contributed by atoms with Gasteiger partial charge in [0.1, 0.15) is 35.8 Å². The lowest BCUT2D eigenvalue weighted by Crippen LogP contribution is -2.44. The summed E-state index contributed by atoms with van der Waals surface area (Å²) in [5.41, 5.74) is 3.55. The van der Waals surface area contributed by atoms with Crippen LogP contribution >= 0.6 is 0 Å². The van der Waals surface area contributed by atoms with Crippen LogP contribution in [0.5, 0.6) is 5.75 Å². The summed E-state index contributed by atoms with van der Waals surface area (Å²) in [6.07, 6.45) is 1.74. The fourth-order valence-corrected chi connectivity index (χ4v) is 4.90. The third-order valence-corrected chi connectivity index (χ3v) is 7.40. The fraction of sp³-hybridized carbons (Fsp3) is 0.242. The number of hydrogen-bond acceptors (Lipinski definition) is 9. The number of likely N-dealkylation sites (N-methyl/N-ethyl adjacent to an activating group) is 1. The zero-order chi connectivity index (χ0) is 31.8. The Morgan fingerprint density at radius 1 is 1.09 bits per heavy atom. The van der Waals surface area contributed by atoms with Crippen LogP contribution in [-0.4, -0.2) is 72.6 Å². The van der Waals surface area contributed by atoms with Gasteiger partial charge in [0.15, 0.2) is 0 Å². The molecular weight excluding hydrogens is 575 g/mol. The van der Waals surface area contributed by atoms with E-state index in [1.165, 1.54) is 29.4 Å². The summed E-state index contributed by atoms with van der Waals surface area (Å²) >= 11 is 0. The van der Waals surface area contributed by atoms with Gasteiger partial charge in [0.2, 0.25) is 0 Å². The largest absolute Gasteiger partial charge is 0.494 e. The average Bonchev–Trinajstić information content (AvgIpc) is 3.05. The van der Waals surface area contributed by atoms with Crippen molar-refractivity contribution in [2.45, 2.75) is 12.8 Å². The van der Waals surface area contributed by atoms with Crippen molar-refractivity contribution in [3.8, 4) is 5.75 Å². The number of anilines is 6. The molecule has 1 atom stereocenters. The van der Waals surface area contributed by atoms with E-state index < -0.39 is 12.3 Å². The Balaban J connectivity index is 1.41. The highest BCUT2D eigenvalue weighted by Gasteiger charge is 2.22. The summed E-state index contributed by atoms with van der Waals surface area (Å²) in [6, 6.07) is 20.0. The van der Waals surface area contributed by atoms with Gasteiger partial charge in [-0.1, -0.05) is 24.8 Å². The van der Waals surface area contributed by atoms with Crippen LogP contribution in [-0.2, 0) is 6.54 Å². The highest BCUT2D eigenvalue weighted by atomic mass is 19.1. The molecule has 1 unspecified atom stereocenters. The van der Waals surface area contributed by atoms with Gasteiger partial charge >= 0.3 is 6.03 Å². The molecule has 45 heavy (non-hydrogen) atoms. The van der Waals surface area contributed by atoms with Crippen LogP contribution in [0.1, 0.15) is 5.56 Å². The van der Waals surface area contributed by atoms with Crippen LogP contribution in [0.15, 0.2) is 91.8 Å². The second-order valence-electron chi connectivity index (χ2n) is 10.6. The SMILES string of the molecule is C=CC(O)Nc1cccc(N(C(=O)NCc2ccc(F)cc2)c2cc(Nc3ccc(N4CCN(C)CC4)cc3OC)ncn2)c1. The number of nitrogens with one attached hydrogen (secondary N) is 3. The minimum absolute atomic E-state index is 0.162. The Kier molecular flexibility index (Phi) is 10.1. The Morgan fingerprint density at radius 3 is 2.60 bits per heavy atom. The van der Waals surface area contributed by atoms with Crippen molar-refractivity contribution < 1.29 is 19.0 Å². The first-order chi connectivity index (χ1) is 21.8. The van der Waals surface area contributed by atoms with E-state index in [-0.39, 0.29) is 12.4 Å². The van der Waals surface area contributed by atoms with Gasteiger partial charge in [-0.2, -0.15) is 0 Å². The summed E-state index contributed by atoms with van der Waals surface area (Å²) in [5.74, 6) is 1.03. The van der Waals surface area contributed by atoms with Crippen molar-refractivity contribution in [1.82, 2.24) is 20.2 Å². The van der Waals surface area contributed by atoms with Crippen molar-refractivity contribution in [3.05, 3.63) is 103 Å². The molecule has 2 amide bonds. The zero-order valence-electron chi connectivity index (χ0n) is 25.3. The smallest absolute Gasteiger partial charge is 0.327 e. The first-order valence-electron chi connectivity index (χ1n) is 14.5. The quantitative estimate of drug-likeness (QED) is 0.136. The number of urea groups is 1. The number of hydrogen-bond donors (Lipinski definition) is 4. The van der Waals surface area contributed by atoms with Crippen LogP contribution < -0.4 is 30.5 Å². The molecule has 1 saturated heterocycles. The molecule has 1 aliphatic rings. The van der Waals surface area contributed by atoms with E-state index in [9.17, 15) is 14.3 Å². The number of aliphatic hydroxyl groups is 1. The molecule has 0 saturated carbocycles. The summed E-state index contributed by atoms with van der Waals surface area (Å²) in [6.45, 7) is 7.61. The van der Waals surface area contributed by atoms with E-state index in [0.717, 1.165) is 37.4 Å². The normalized spacial score (nSPS) is 13.9. The van der Waals surface area contributed by atoms with E-state index in [0.29, 0.717) is 34.4 Å². The minimum atomic E-state index is -0.978. The Bertz CT molecular complexity index is 1610. The molecule has 3 aromatic carbocycles. The Labute approximate surface area is 262 Å². The maximum atomic E-state index is 13.7. The Hall–Kier alpha value is -5.20. The molecule has 1 fully saturated rings. The van der Waals surface area contributed by atoms with E-state index in [1.807, 2.05) is 18.2 Å². The molecule has 0 radical (unpaired) electrons. The number of amides is 2. The van der Waals surface area contributed by atoms with Gasteiger partial charge in [-0.3, -0.25) is 0 Å². The van der Waals surface area contributed by atoms with E-state index in [2.05, 4.69) is 49.3 Å². The summed E-state index contributed by atoms with van der Waals surface area (Å²) < 4.78 is 19.1. The number of carbonyl (C=O) groups excluding carboxylic acids is 1.